The average Bonchev–Trinajstić information content (AvgIpc) is 1.98. The maximum atomic E-state index is 5.17. The quantitative estimate of drug-likeness (QED) is 0.521. The fraction of sp³-hybridized carbons (Fsp3) is 0.857. The first-order valence-corrected chi connectivity index (χ1v) is 3.27. The van der Waals surface area contributed by atoms with E-state index in [-0.39, 0.29) is 6.29 Å². The molecule has 0 aromatic carbocycles. The Morgan fingerprint density at radius 2 is 2.10 bits per heavy atom. The first-order chi connectivity index (χ1) is 4.85. The molecular weight excluding hydrogens is 132 g/mol. The Hall–Kier alpha value is -0.120. The Labute approximate surface area is 62.3 Å². The van der Waals surface area contributed by atoms with Crippen LogP contribution in [0.25, 0.3) is 0 Å². The van der Waals surface area contributed by atoms with Gasteiger partial charge in [0.15, 0.2) is 6.29 Å². The third kappa shape index (κ3) is 4.73. The molecule has 0 aliphatic rings. The zero-order valence-electron chi connectivity index (χ0n) is 6.63. The van der Waals surface area contributed by atoms with E-state index in [1.54, 1.807) is 14.2 Å². The van der Waals surface area contributed by atoms with Crippen molar-refractivity contribution in [3.63, 3.8) is 0 Å². The number of methoxy groups -OCH3 is 2. The molecule has 0 amide bonds. The lowest BCUT2D eigenvalue weighted by Gasteiger charge is -2.13. The molecule has 1 unspecified atom stereocenters. The van der Waals surface area contributed by atoms with Crippen molar-refractivity contribution in [2.45, 2.75) is 12.7 Å². The molecule has 3 heteroatoms. The van der Waals surface area contributed by atoms with Gasteiger partial charge < -0.3 is 14.2 Å². The van der Waals surface area contributed by atoms with E-state index in [1.807, 2.05) is 0 Å². The largest absolute Gasteiger partial charge is 0.379 e. The van der Waals surface area contributed by atoms with Crippen molar-refractivity contribution >= 4 is 0 Å². The van der Waals surface area contributed by atoms with Gasteiger partial charge in [0.05, 0.1) is 6.61 Å². The Kier molecular flexibility index (Phi) is 6.91. The summed E-state index contributed by atoms with van der Waals surface area (Å²) < 4.78 is 14.9. The minimum Gasteiger partial charge on any atom is -0.379 e. The van der Waals surface area contributed by atoms with Crippen LogP contribution in [0, 0.1) is 6.92 Å². The Bertz CT molecular complexity index is 65.9. The van der Waals surface area contributed by atoms with Gasteiger partial charge in [-0.05, 0) is 6.42 Å². The van der Waals surface area contributed by atoms with Gasteiger partial charge >= 0.3 is 0 Å². The van der Waals surface area contributed by atoms with E-state index in [1.165, 1.54) is 0 Å². The number of ether oxygens (including phenoxy) is 3. The minimum atomic E-state index is -0.244. The lowest BCUT2D eigenvalue weighted by atomic mass is 10.5. The zero-order valence-corrected chi connectivity index (χ0v) is 6.63. The second-order valence-electron chi connectivity index (χ2n) is 1.84. The van der Waals surface area contributed by atoms with Crippen LogP contribution in [0.3, 0.4) is 0 Å². The number of hydrogen-bond acceptors (Lipinski definition) is 3. The molecule has 0 rings (SSSR count). The summed E-state index contributed by atoms with van der Waals surface area (Å²) in [4.78, 5) is 0. The average molecular weight is 147 g/mol. The first kappa shape index (κ1) is 9.88. The van der Waals surface area contributed by atoms with Crippen LogP contribution in [0.2, 0.25) is 0 Å². The van der Waals surface area contributed by atoms with Crippen LogP contribution in [0.15, 0.2) is 0 Å². The molecule has 0 aliphatic heterocycles. The molecule has 0 saturated carbocycles. The molecule has 3 nitrogen and oxygen atoms in total. The van der Waals surface area contributed by atoms with E-state index in [2.05, 4.69) is 6.92 Å². The van der Waals surface area contributed by atoms with E-state index in [0.717, 1.165) is 6.42 Å². The highest BCUT2D eigenvalue weighted by atomic mass is 16.7. The van der Waals surface area contributed by atoms with E-state index < -0.39 is 0 Å². The molecule has 0 N–H and O–H groups in total. The molecule has 0 aliphatic carbocycles. The normalized spacial score (nSPS) is 13.5. The molecular formula is C7H15O3. The second-order valence-corrected chi connectivity index (χ2v) is 1.84. The molecule has 0 saturated heterocycles. The minimum absolute atomic E-state index is 0.244. The van der Waals surface area contributed by atoms with Gasteiger partial charge in [-0.3, -0.25) is 0 Å². The van der Waals surface area contributed by atoms with Crippen LogP contribution in [-0.4, -0.2) is 33.7 Å². The molecule has 1 radical (unpaired) electrons. The molecule has 0 heterocycles. The Morgan fingerprint density at radius 3 is 2.50 bits per heavy atom. The van der Waals surface area contributed by atoms with Gasteiger partial charge in [-0.2, -0.15) is 0 Å². The predicted octanol–water partition coefficient (Wildman–Crippen LogP) is 0.846. The van der Waals surface area contributed by atoms with Crippen molar-refractivity contribution in [3.05, 3.63) is 6.92 Å². The topological polar surface area (TPSA) is 27.7 Å². The van der Waals surface area contributed by atoms with Gasteiger partial charge in [0.2, 0.25) is 0 Å². The lowest BCUT2D eigenvalue weighted by Crippen LogP contribution is -2.21. The standard InChI is InChI=1S/C7H15O3/c1-4-5-10-7(9-3)6-8-2/h7H,1,4-6H2,2-3H3. The van der Waals surface area contributed by atoms with Gasteiger partial charge in [0.25, 0.3) is 0 Å². The summed E-state index contributed by atoms with van der Waals surface area (Å²) >= 11 is 0. The molecule has 0 fully saturated rings. The van der Waals surface area contributed by atoms with Crippen LogP contribution < -0.4 is 0 Å². The highest BCUT2D eigenvalue weighted by Crippen LogP contribution is 1.93. The summed E-state index contributed by atoms with van der Waals surface area (Å²) in [7, 11) is 3.20. The summed E-state index contributed by atoms with van der Waals surface area (Å²) in [5, 5.41) is 0. The smallest absolute Gasteiger partial charge is 0.180 e. The number of rotatable bonds is 6. The highest BCUT2D eigenvalue weighted by Gasteiger charge is 2.04. The SMILES string of the molecule is [CH2]CCOC(COC)OC. The van der Waals surface area contributed by atoms with E-state index in [9.17, 15) is 0 Å². The third-order valence-electron chi connectivity index (χ3n) is 1.01. The van der Waals surface area contributed by atoms with Gasteiger partial charge in [0.1, 0.15) is 0 Å². The van der Waals surface area contributed by atoms with Gasteiger partial charge in [-0.1, -0.05) is 6.92 Å². The monoisotopic (exact) mass is 147 g/mol. The van der Waals surface area contributed by atoms with Gasteiger partial charge in [0, 0.05) is 20.8 Å². The summed E-state index contributed by atoms with van der Waals surface area (Å²) in [6.45, 7) is 4.71. The molecule has 0 spiro atoms. The van der Waals surface area contributed by atoms with Crippen LogP contribution in [0.4, 0.5) is 0 Å². The molecule has 0 aromatic heterocycles. The Balaban J connectivity index is 3.21. The van der Waals surface area contributed by atoms with Crippen LogP contribution in [-0.2, 0) is 14.2 Å². The van der Waals surface area contributed by atoms with Gasteiger partial charge in [-0.25, -0.2) is 0 Å². The van der Waals surface area contributed by atoms with Crippen LogP contribution >= 0.6 is 0 Å². The summed E-state index contributed by atoms with van der Waals surface area (Å²) in [6, 6.07) is 0. The molecule has 0 aromatic rings. The maximum Gasteiger partial charge on any atom is 0.180 e. The van der Waals surface area contributed by atoms with E-state index in [0.29, 0.717) is 13.2 Å². The van der Waals surface area contributed by atoms with Crippen LogP contribution in [0.1, 0.15) is 6.42 Å². The molecule has 1 atom stereocenters. The predicted molar refractivity (Wildman–Crippen MR) is 38.6 cm³/mol. The molecule has 61 valence electrons. The lowest BCUT2D eigenvalue weighted by molar-refractivity contribution is -0.150. The molecule has 0 bridgehead atoms. The number of hydrogen-bond donors (Lipinski definition) is 0. The van der Waals surface area contributed by atoms with Crippen molar-refractivity contribution in [2.75, 3.05) is 27.4 Å². The zero-order chi connectivity index (χ0) is 7.82. The van der Waals surface area contributed by atoms with E-state index in [4.69, 9.17) is 14.2 Å². The highest BCUT2D eigenvalue weighted by molar-refractivity contribution is 4.41. The van der Waals surface area contributed by atoms with Crippen molar-refractivity contribution in [3.8, 4) is 0 Å². The Morgan fingerprint density at radius 1 is 1.40 bits per heavy atom. The second kappa shape index (κ2) is 6.99. The summed E-state index contributed by atoms with van der Waals surface area (Å²) in [5.74, 6) is 0. The first-order valence-electron chi connectivity index (χ1n) is 3.27. The van der Waals surface area contributed by atoms with Crippen molar-refractivity contribution in [1.29, 1.82) is 0 Å². The van der Waals surface area contributed by atoms with Gasteiger partial charge in [-0.15, -0.1) is 0 Å². The van der Waals surface area contributed by atoms with E-state index >= 15 is 0 Å². The fourth-order valence-corrected chi connectivity index (χ4v) is 0.535. The summed E-state index contributed by atoms with van der Waals surface area (Å²) in [6.07, 6.45) is 0.510. The fourth-order valence-electron chi connectivity index (χ4n) is 0.535. The molecule has 10 heavy (non-hydrogen) atoms. The maximum absolute atomic E-state index is 5.17. The summed E-state index contributed by atoms with van der Waals surface area (Å²) in [5.41, 5.74) is 0. The van der Waals surface area contributed by atoms with Crippen molar-refractivity contribution in [2.24, 2.45) is 0 Å². The van der Waals surface area contributed by atoms with Crippen molar-refractivity contribution < 1.29 is 14.2 Å². The third-order valence-corrected chi connectivity index (χ3v) is 1.01. The van der Waals surface area contributed by atoms with Crippen molar-refractivity contribution in [1.82, 2.24) is 0 Å². The van der Waals surface area contributed by atoms with Crippen LogP contribution in [0.5, 0.6) is 0 Å².